The van der Waals surface area contributed by atoms with Gasteiger partial charge in [0, 0.05) is 21.1 Å². The van der Waals surface area contributed by atoms with Gasteiger partial charge in [-0.05, 0) is 45.2 Å². The van der Waals surface area contributed by atoms with Crippen molar-refractivity contribution in [1.82, 2.24) is 24.5 Å². The molecule has 1 N–H and O–H groups in total. The van der Waals surface area contributed by atoms with Crippen LogP contribution in [0.3, 0.4) is 0 Å². The van der Waals surface area contributed by atoms with Crippen molar-refractivity contribution in [2.24, 2.45) is 0 Å². The zero-order valence-electron chi connectivity index (χ0n) is 10.0. The van der Waals surface area contributed by atoms with Crippen molar-refractivity contribution in [2.75, 3.05) is 31.4 Å². The van der Waals surface area contributed by atoms with E-state index >= 15 is 0 Å². The van der Waals surface area contributed by atoms with Gasteiger partial charge in [-0.15, -0.1) is 0 Å². The number of halogens is 2. The van der Waals surface area contributed by atoms with Crippen LogP contribution in [-0.4, -0.2) is 45.6 Å². The van der Waals surface area contributed by atoms with Gasteiger partial charge in [-0.1, -0.05) is 0 Å². The molecule has 2 aromatic rings. The molecule has 0 saturated carbocycles. The molecule has 0 saturated heterocycles. The Labute approximate surface area is 132 Å². The minimum atomic E-state index is 0.531. The van der Waals surface area contributed by atoms with Gasteiger partial charge < -0.3 is 10.2 Å². The van der Waals surface area contributed by atoms with Gasteiger partial charge in [0.05, 0.1) is 0 Å². The minimum Gasteiger partial charge on any atom is -0.357 e. The fraction of sp³-hybridized carbons (Fsp3) is 0.333. The van der Waals surface area contributed by atoms with Gasteiger partial charge in [-0.2, -0.15) is 15.0 Å². The molecule has 0 bridgehead atoms. The van der Waals surface area contributed by atoms with Crippen LogP contribution in [0.5, 0.6) is 0 Å². The summed E-state index contributed by atoms with van der Waals surface area (Å²) in [5.41, 5.74) is 0. The lowest BCUT2D eigenvalue weighted by Crippen LogP contribution is -2.17. The number of aromatic nitrogens is 5. The van der Waals surface area contributed by atoms with Crippen LogP contribution in [-0.2, 0) is 0 Å². The molecule has 0 aliphatic carbocycles. The molecule has 0 aliphatic heterocycles. The zero-order valence-corrected chi connectivity index (χ0v) is 14.3. The normalized spacial score (nSPS) is 10.5. The standard InChI is InChI=1S/C9H11I2N7/c1-12-7-14-8(17(2)3)16-9(15-7)18-4-13-5(10)6(18)11/h4H,1-3H3,(H,12,14,15,16). The summed E-state index contributed by atoms with van der Waals surface area (Å²) < 4.78 is 3.73. The molecule has 0 spiro atoms. The monoisotopic (exact) mass is 471 g/mol. The van der Waals surface area contributed by atoms with E-state index in [1.165, 1.54) is 0 Å². The van der Waals surface area contributed by atoms with E-state index in [1.54, 1.807) is 13.4 Å². The first-order valence-corrected chi connectivity index (χ1v) is 7.18. The molecule has 0 atom stereocenters. The Balaban J connectivity index is 2.56. The van der Waals surface area contributed by atoms with Gasteiger partial charge in [0.1, 0.15) is 13.7 Å². The van der Waals surface area contributed by atoms with E-state index in [1.807, 2.05) is 23.6 Å². The van der Waals surface area contributed by atoms with Crippen LogP contribution in [0.4, 0.5) is 11.9 Å². The summed E-state index contributed by atoms with van der Waals surface area (Å²) in [6, 6.07) is 0. The molecular weight excluding hydrogens is 460 g/mol. The molecule has 2 heterocycles. The third-order valence-electron chi connectivity index (χ3n) is 2.12. The highest BCUT2D eigenvalue weighted by molar-refractivity contribution is 14.1. The number of nitrogens with zero attached hydrogens (tertiary/aromatic N) is 6. The molecule has 96 valence electrons. The molecule has 0 aromatic carbocycles. The van der Waals surface area contributed by atoms with Gasteiger partial charge in [0.2, 0.25) is 17.8 Å². The fourth-order valence-electron chi connectivity index (χ4n) is 1.22. The SMILES string of the molecule is CNc1nc(N(C)C)nc(-n2cnc(I)c2I)n1. The summed E-state index contributed by atoms with van der Waals surface area (Å²) in [4.78, 5) is 19.1. The van der Waals surface area contributed by atoms with E-state index in [9.17, 15) is 0 Å². The lowest BCUT2D eigenvalue weighted by atomic mass is 10.7. The summed E-state index contributed by atoms with van der Waals surface area (Å²) in [5, 5.41) is 2.93. The Kier molecular flexibility index (Phi) is 4.19. The summed E-state index contributed by atoms with van der Waals surface area (Å²) in [5.74, 6) is 1.69. The van der Waals surface area contributed by atoms with Gasteiger partial charge in [-0.25, -0.2) is 4.98 Å². The maximum atomic E-state index is 4.40. The Morgan fingerprint density at radius 3 is 2.44 bits per heavy atom. The van der Waals surface area contributed by atoms with Crippen LogP contribution in [0.1, 0.15) is 0 Å². The van der Waals surface area contributed by atoms with E-state index in [4.69, 9.17) is 0 Å². The third-order valence-corrected chi connectivity index (χ3v) is 4.97. The second-order valence-corrected chi connectivity index (χ2v) is 5.64. The van der Waals surface area contributed by atoms with E-state index in [-0.39, 0.29) is 0 Å². The van der Waals surface area contributed by atoms with Gasteiger partial charge in [-0.3, -0.25) is 4.57 Å². The Morgan fingerprint density at radius 2 is 1.94 bits per heavy atom. The number of nitrogens with one attached hydrogen (secondary N) is 1. The van der Waals surface area contributed by atoms with Crippen LogP contribution in [0, 0.1) is 7.40 Å². The quantitative estimate of drug-likeness (QED) is 0.683. The van der Waals surface area contributed by atoms with Crippen molar-refractivity contribution < 1.29 is 0 Å². The lowest BCUT2D eigenvalue weighted by Gasteiger charge is -2.12. The molecule has 2 aromatic heterocycles. The highest BCUT2D eigenvalue weighted by Gasteiger charge is 2.13. The number of hydrogen-bond acceptors (Lipinski definition) is 6. The Morgan fingerprint density at radius 1 is 1.22 bits per heavy atom. The zero-order chi connectivity index (χ0) is 13.3. The summed E-state index contributed by atoms with van der Waals surface area (Å²) in [6.07, 6.45) is 1.71. The maximum absolute atomic E-state index is 4.40. The maximum Gasteiger partial charge on any atom is 0.242 e. The number of anilines is 2. The first-order chi connectivity index (χ1) is 8.52. The van der Waals surface area contributed by atoms with Crippen molar-refractivity contribution in [3.63, 3.8) is 0 Å². The molecule has 9 heteroatoms. The predicted octanol–water partition coefficient (Wildman–Crippen LogP) is 1.37. The van der Waals surface area contributed by atoms with Gasteiger partial charge in [0.25, 0.3) is 0 Å². The minimum absolute atomic E-state index is 0.531. The van der Waals surface area contributed by atoms with Crippen LogP contribution >= 0.6 is 45.2 Å². The molecule has 7 nitrogen and oxygen atoms in total. The van der Waals surface area contributed by atoms with E-state index < -0.39 is 0 Å². The second-order valence-electron chi connectivity index (χ2n) is 3.60. The first kappa shape index (κ1) is 13.7. The largest absolute Gasteiger partial charge is 0.357 e. The molecule has 0 fully saturated rings. The molecule has 0 unspecified atom stereocenters. The van der Waals surface area contributed by atoms with E-state index in [2.05, 4.69) is 70.4 Å². The Hall–Kier alpha value is -0.720. The van der Waals surface area contributed by atoms with Crippen LogP contribution in [0.2, 0.25) is 0 Å². The molecular formula is C9H11I2N7. The highest BCUT2D eigenvalue weighted by Crippen LogP contribution is 2.18. The fourth-order valence-corrected chi connectivity index (χ4v) is 2.09. The molecule has 0 amide bonds. The van der Waals surface area contributed by atoms with Crippen LogP contribution < -0.4 is 10.2 Å². The Bertz CT molecular complexity index is 566. The highest BCUT2D eigenvalue weighted by atomic mass is 127. The van der Waals surface area contributed by atoms with Crippen LogP contribution in [0.25, 0.3) is 5.95 Å². The van der Waals surface area contributed by atoms with Gasteiger partial charge in [0.15, 0.2) is 0 Å². The summed E-state index contributed by atoms with van der Waals surface area (Å²) >= 11 is 4.39. The molecule has 0 aliphatic rings. The number of hydrogen-bond donors (Lipinski definition) is 1. The lowest BCUT2D eigenvalue weighted by molar-refractivity contribution is 0.862. The predicted molar refractivity (Wildman–Crippen MR) is 86.3 cm³/mol. The number of imidazole rings is 1. The van der Waals surface area contributed by atoms with Gasteiger partial charge >= 0.3 is 0 Å². The second kappa shape index (κ2) is 5.50. The van der Waals surface area contributed by atoms with Crippen molar-refractivity contribution in [3.8, 4) is 5.95 Å². The summed E-state index contributed by atoms with van der Waals surface area (Å²) in [7, 11) is 5.56. The topological polar surface area (TPSA) is 71.8 Å². The third kappa shape index (κ3) is 2.65. The first-order valence-electron chi connectivity index (χ1n) is 5.02. The van der Waals surface area contributed by atoms with E-state index in [0.29, 0.717) is 17.8 Å². The summed E-state index contributed by atoms with van der Waals surface area (Å²) in [6.45, 7) is 0. The molecule has 2 rings (SSSR count). The molecule has 0 radical (unpaired) electrons. The average molecular weight is 471 g/mol. The average Bonchev–Trinajstić information content (AvgIpc) is 2.69. The van der Waals surface area contributed by atoms with Crippen molar-refractivity contribution in [3.05, 3.63) is 13.7 Å². The van der Waals surface area contributed by atoms with Crippen molar-refractivity contribution in [2.45, 2.75) is 0 Å². The number of rotatable bonds is 3. The van der Waals surface area contributed by atoms with E-state index in [0.717, 1.165) is 7.40 Å². The van der Waals surface area contributed by atoms with Crippen molar-refractivity contribution in [1.29, 1.82) is 0 Å². The smallest absolute Gasteiger partial charge is 0.242 e. The molecule has 18 heavy (non-hydrogen) atoms. The van der Waals surface area contributed by atoms with Crippen LogP contribution in [0.15, 0.2) is 6.33 Å². The van der Waals surface area contributed by atoms with Crippen molar-refractivity contribution >= 4 is 57.1 Å².